The van der Waals surface area contributed by atoms with Crippen LogP contribution in [-0.2, 0) is 0 Å². The van der Waals surface area contributed by atoms with Crippen LogP contribution in [0.2, 0.25) is 0 Å². The van der Waals surface area contributed by atoms with Crippen molar-refractivity contribution in [3.8, 4) is 5.75 Å². The van der Waals surface area contributed by atoms with Crippen molar-refractivity contribution in [1.82, 2.24) is 0 Å². The van der Waals surface area contributed by atoms with Crippen LogP contribution in [0.5, 0.6) is 5.75 Å². The fourth-order valence-electron chi connectivity index (χ4n) is 1.50. The molecule has 0 amide bonds. The standard InChI is InChI=1S/C14H13Br2NO/c15-11-6-7-14(13(16)10-11)17-8-9-18-12-4-2-1-3-5-12/h1-7,10,17H,8-9H2. The lowest BCUT2D eigenvalue weighted by Gasteiger charge is -2.10. The largest absolute Gasteiger partial charge is 0.492 e. The molecule has 0 heterocycles. The van der Waals surface area contributed by atoms with Crippen LogP contribution in [0, 0.1) is 0 Å². The van der Waals surface area contributed by atoms with E-state index < -0.39 is 0 Å². The van der Waals surface area contributed by atoms with Gasteiger partial charge in [0.05, 0.1) is 0 Å². The fraction of sp³-hybridized carbons (Fsp3) is 0.143. The summed E-state index contributed by atoms with van der Waals surface area (Å²) in [6, 6.07) is 15.9. The molecular weight excluding hydrogens is 358 g/mol. The third-order valence-electron chi connectivity index (χ3n) is 2.36. The van der Waals surface area contributed by atoms with Gasteiger partial charge in [0.15, 0.2) is 0 Å². The van der Waals surface area contributed by atoms with Crippen LogP contribution in [0.1, 0.15) is 0 Å². The Morgan fingerprint density at radius 3 is 2.50 bits per heavy atom. The summed E-state index contributed by atoms with van der Waals surface area (Å²) in [5, 5.41) is 3.32. The average molecular weight is 371 g/mol. The summed E-state index contributed by atoms with van der Waals surface area (Å²) in [6.07, 6.45) is 0. The van der Waals surface area contributed by atoms with Crippen molar-refractivity contribution in [3.05, 3.63) is 57.5 Å². The summed E-state index contributed by atoms with van der Waals surface area (Å²) in [5.74, 6) is 0.897. The highest BCUT2D eigenvalue weighted by atomic mass is 79.9. The molecule has 0 spiro atoms. The topological polar surface area (TPSA) is 21.3 Å². The molecule has 18 heavy (non-hydrogen) atoms. The Morgan fingerprint density at radius 2 is 1.78 bits per heavy atom. The Balaban J connectivity index is 1.79. The Kier molecular flexibility index (Phi) is 5.08. The number of halogens is 2. The molecule has 1 N–H and O–H groups in total. The first-order chi connectivity index (χ1) is 8.75. The van der Waals surface area contributed by atoms with Gasteiger partial charge in [-0.2, -0.15) is 0 Å². The van der Waals surface area contributed by atoms with E-state index in [0.29, 0.717) is 6.61 Å². The van der Waals surface area contributed by atoms with Crippen molar-refractivity contribution in [3.63, 3.8) is 0 Å². The summed E-state index contributed by atoms with van der Waals surface area (Å²) in [7, 11) is 0. The molecule has 2 aromatic carbocycles. The third-order valence-corrected chi connectivity index (χ3v) is 3.51. The predicted octanol–water partition coefficient (Wildman–Crippen LogP) is 4.70. The second-order valence-corrected chi connectivity index (χ2v) is 5.48. The van der Waals surface area contributed by atoms with Gasteiger partial charge < -0.3 is 10.1 Å². The van der Waals surface area contributed by atoms with Crippen LogP contribution >= 0.6 is 31.9 Å². The lowest BCUT2D eigenvalue weighted by molar-refractivity contribution is 0.333. The van der Waals surface area contributed by atoms with Gasteiger partial charge in [-0.3, -0.25) is 0 Å². The fourth-order valence-corrected chi connectivity index (χ4v) is 2.69. The van der Waals surface area contributed by atoms with Crippen LogP contribution < -0.4 is 10.1 Å². The Bertz CT molecular complexity index is 502. The molecule has 94 valence electrons. The van der Waals surface area contributed by atoms with Crippen LogP contribution in [0.25, 0.3) is 0 Å². The van der Waals surface area contributed by atoms with E-state index in [1.165, 1.54) is 0 Å². The van der Waals surface area contributed by atoms with E-state index in [4.69, 9.17) is 4.74 Å². The predicted molar refractivity (Wildman–Crippen MR) is 82.3 cm³/mol. The van der Waals surface area contributed by atoms with E-state index in [9.17, 15) is 0 Å². The Morgan fingerprint density at radius 1 is 1.00 bits per heavy atom. The molecule has 0 bridgehead atoms. The summed E-state index contributed by atoms with van der Waals surface area (Å²) in [5.41, 5.74) is 1.06. The van der Waals surface area contributed by atoms with Gasteiger partial charge >= 0.3 is 0 Å². The highest BCUT2D eigenvalue weighted by molar-refractivity contribution is 9.11. The number of para-hydroxylation sites is 1. The van der Waals surface area contributed by atoms with E-state index in [0.717, 1.165) is 26.9 Å². The first-order valence-electron chi connectivity index (χ1n) is 5.62. The number of ether oxygens (including phenoxy) is 1. The molecule has 0 aliphatic heterocycles. The maximum atomic E-state index is 5.60. The number of benzene rings is 2. The molecule has 0 aliphatic carbocycles. The zero-order valence-corrected chi connectivity index (χ0v) is 12.9. The van der Waals surface area contributed by atoms with Crippen molar-refractivity contribution in [2.24, 2.45) is 0 Å². The van der Waals surface area contributed by atoms with Crippen LogP contribution in [-0.4, -0.2) is 13.2 Å². The monoisotopic (exact) mass is 369 g/mol. The van der Waals surface area contributed by atoms with E-state index in [1.807, 2.05) is 48.5 Å². The number of hydrogen-bond donors (Lipinski definition) is 1. The molecule has 4 heteroatoms. The Hall–Kier alpha value is -1.00. The number of rotatable bonds is 5. The summed E-state index contributed by atoms with van der Waals surface area (Å²) in [6.45, 7) is 1.39. The SMILES string of the molecule is Brc1ccc(NCCOc2ccccc2)c(Br)c1. The molecule has 0 radical (unpaired) electrons. The molecule has 0 fully saturated rings. The first kappa shape index (κ1) is 13.4. The van der Waals surface area contributed by atoms with Crippen molar-refractivity contribution < 1.29 is 4.74 Å². The Labute approximate surface area is 124 Å². The minimum atomic E-state index is 0.631. The number of hydrogen-bond acceptors (Lipinski definition) is 2. The van der Waals surface area contributed by atoms with Crippen LogP contribution in [0.4, 0.5) is 5.69 Å². The molecular formula is C14H13Br2NO. The van der Waals surface area contributed by atoms with Crippen molar-refractivity contribution >= 4 is 37.5 Å². The maximum absolute atomic E-state index is 5.60. The molecule has 0 aliphatic rings. The van der Waals surface area contributed by atoms with E-state index in [2.05, 4.69) is 37.2 Å². The molecule has 0 unspecified atom stereocenters. The minimum absolute atomic E-state index is 0.631. The van der Waals surface area contributed by atoms with Gasteiger partial charge in [0.1, 0.15) is 12.4 Å². The average Bonchev–Trinajstić information content (AvgIpc) is 2.38. The lowest BCUT2D eigenvalue weighted by atomic mass is 10.3. The molecule has 2 nitrogen and oxygen atoms in total. The zero-order valence-electron chi connectivity index (χ0n) is 9.70. The highest BCUT2D eigenvalue weighted by Crippen LogP contribution is 2.25. The van der Waals surface area contributed by atoms with Gasteiger partial charge in [0, 0.05) is 21.2 Å². The van der Waals surface area contributed by atoms with Gasteiger partial charge in [0.2, 0.25) is 0 Å². The molecule has 2 rings (SSSR count). The highest BCUT2D eigenvalue weighted by Gasteiger charge is 1.99. The van der Waals surface area contributed by atoms with E-state index in [-0.39, 0.29) is 0 Å². The molecule has 0 saturated heterocycles. The van der Waals surface area contributed by atoms with Gasteiger partial charge in [-0.15, -0.1) is 0 Å². The van der Waals surface area contributed by atoms with Gasteiger partial charge in [-0.05, 0) is 46.3 Å². The summed E-state index contributed by atoms with van der Waals surface area (Å²) in [4.78, 5) is 0. The van der Waals surface area contributed by atoms with Gasteiger partial charge in [0.25, 0.3) is 0 Å². The quantitative estimate of drug-likeness (QED) is 0.770. The molecule has 0 saturated carbocycles. The lowest BCUT2D eigenvalue weighted by Crippen LogP contribution is -2.11. The summed E-state index contributed by atoms with van der Waals surface area (Å²) < 4.78 is 7.70. The van der Waals surface area contributed by atoms with Gasteiger partial charge in [-0.1, -0.05) is 34.1 Å². The molecule has 0 atom stereocenters. The van der Waals surface area contributed by atoms with E-state index >= 15 is 0 Å². The number of nitrogens with one attached hydrogen (secondary N) is 1. The molecule has 0 aromatic heterocycles. The first-order valence-corrected chi connectivity index (χ1v) is 7.21. The van der Waals surface area contributed by atoms with Crippen molar-refractivity contribution in [1.29, 1.82) is 0 Å². The van der Waals surface area contributed by atoms with Gasteiger partial charge in [-0.25, -0.2) is 0 Å². The second kappa shape index (κ2) is 6.81. The second-order valence-electron chi connectivity index (χ2n) is 3.71. The smallest absolute Gasteiger partial charge is 0.119 e. The summed E-state index contributed by atoms with van der Waals surface area (Å²) >= 11 is 6.94. The van der Waals surface area contributed by atoms with Crippen molar-refractivity contribution in [2.75, 3.05) is 18.5 Å². The van der Waals surface area contributed by atoms with E-state index in [1.54, 1.807) is 0 Å². The minimum Gasteiger partial charge on any atom is -0.492 e. The molecule has 2 aromatic rings. The normalized spacial score (nSPS) is 10.1. The third kappa shape index (κ3) is 4.03. The van der Waals surface area contributed by atoms with Crippen LogP contribution in [0.3, 0.4) is 0 Å². The zero-order chi connectivity index (χ0) is 12.8. The maximum Gasteiger partial charge on any atom is 0.119 e. The van der Waals surface area contributed by atoms with Crippen molar-refractivity contribution in [2.45, 2.75) is 0 Å². The number of anilines is 1. The van der Waals surface area contributed by atoms with Crippen LogP contribution in [0.15, 0.2) is 57.5 Å².